The van der Waals surface area contributed by atoms with Gasteiger partial charge in [-0.1, -0.05) is 26.8 Å². The Kier molecular flexibility index (Phi) is 14.6. The second-order valence-electron chi connectivity index (χ2n) is 17.8. The van der Waals surface area contributed by atoms with Crippen LogP contribution in [0.25, 0.3) is 22.3 Å². The standard InChI is InChI=1S/C44H61N6O10PS/c1-10-29-22-44(29,61(9,55)59-25-58-42(54)57-11-2)49-38(51)36-19-27(23-50(36)39(52)37(43(5,6)7)48-41(53)60-30-14-12-13-15-30)18-28-20-34(35-24-62-40(47-35)45-26(3)4)46-33-21-31(56-8)16-17-32(28)33/h10,16-17,20-21,24,26-27,29-30,36-37H,1,11-15,18-19,22-23,25H2,2-9H3,(H,45,47)(H,48,53)(H,49,51)/t27-,29-,36+,37-,44+,61?/m1/s1. The third-order valence-corrected chi connectivity index (χ3v) is 15.2. The van der Waals surface area contributed by atoms with Gasteiger partial charge in [-0.15, -0.1) is 17.9 Å². The van der Waals surface area contributed by atoms with E-state index in [0.29, 0.717) is 29.1 Å². The van der Waals surface area contributed by atoms with Crippen LogP contribution in [-0.4, -0.2) is 102 Å². The molecule has 0 spiro atoms. The van der Waals surface area contributed by atoms with Crippen molar-refractivity contribution >= 4 is 58.8 Å². The molecule has 3 aromatic rings. The van der Waals surface area contributed by atoms with Crippen molar-refractivity contribution < 1.29 is 47.2 Å². The predicted octanol–water partition coefficient (Wildman–Crippen LogP) is 8.10. The van der Waals surface area contributed by atoms with Gasteiger partial charge in [-0.25, -0.2) is 19.6 Å². The number of aromatic nitrogens is 2. The smallest absolute Gasteiger partial charge is 0.497 e. The SMILES string of the molecule is C=C[C@@H]1C[C@]1(NC(=O)[C@@H]1C[C@@H](Cc2cc(-c3csc(NC(C)C)n3)nc3cc(OC)ccc23)CN1C(=O)[C@@H](NC(=O)OC1CCCC1)C(C)(C)C)P(C)(=O)OCOC(=O)OCC. The monoisotopic (exact) mass is 896 g/mol. The Bertz CT molecular complexity index is 2190. The van der Waals surface area contributed by atoms with Crippen LogP contribution in [0.15, 0.2) is 42.3 Å². The number of benzene rings is 1. The average molecular weight is 897 g/mol. The number of ether oxygens (including phenoxy) is 4. The number of fused-ring (bicyclic) bond motifs is 1. The number of nitrogens with zero attached hydrogens (tertiary/aromatic N) is 3. The molecule has 0 bridgehead atoms. The van der Waals surface area contributed by atoms with Gasteiger partial charge in [0.2, 0.25) is 26.0 Å². The largest absolute Gasteiger partial charge is 0.510 e. The van der Waals surface area contributed by atoms with Crippen LogP contribution < -0.4 is 20.7 Å². The molecule has 3 amide bonds. The summed E-state index contributed by atoms with van der Waals surface area (Å²) in [5, 5.41) is 11.5. The molecule has 2 aromatic heterocycles. The number of likely N-dealkylation sites (tertiary alicyclic amines) is 1. The molecule has 3 fully saturated rings. The molecule has 1 aliphatic heterocycles. The number of pyridine rings is 1. The molecule has 1 unspecified atom stereocenters. The zero-order valence-corrected chi connectivity index (χ0v) is 38.7. The van der Waals surface area contributed by atoms with E-state index in [2.05, 4.69) is 22.5 Å². The first-order valence-corrected chi connectivity index (χ1v) is 24.3. The Morgan fingerprint density at radius 3 is 2.48 bits per heavy atom. The highest BCUT2D eigenvalue weighted by Gasteiger charge is 2.65. The second-order valence-corrected chi connectivity index (χ2v) is 21.4. The first-order chi connectivity index (χ1) is 29.4. The fraction of sp³-hybridized carbons (Fsp3) is 0.591. The Labute approximate surface area is 367 Å². The summed E-state index contributed by atoms with van der Waals surface area (Å²) in [4.78, 5) is 66.2. The number of rotatable bonds is 17. The van der Waals surface area contributed by atoms with Crippen LogP contribution in [0.5, 0.6) is 5.75 Å². The molecule has 2 aliphatic carbocycles. The summed E-state index contributed by atoms with van der Waals surface area (Å²) in [5.74, 6) is -0.971. The number of nitrogens with one attached hydrogen (secondary N) is 3. The molecule has 1 aromatic carbocycles. The molecule has 1 saturated heterocycles. The minimum atomic E-state index is -3.73. The molecule has 2 saturated carbocycles. The van der Waals surface area contributed by atoms with Gasteiger partial charge in [-0.05, 0) is 101 Å². The van der Waals surface area contributed by atoms with Crippen molar-refractivity contribution in [3.8, 4) is 17.1 Å². The molecule has 16 nitrogen and oxygen atoms in total. The van der Waals surface area contributed by atoms with E-state index in [1.807, 2.05) is 64.3 Å². The van der Waals surface area contributed by atoms with Crippen LogP contribution in [0.3, 0.4) is 0 Å². The van der Waals surface area contributed by atoms with Gasteiger partial charge in [-0.2, -0.15) is 0 Å². The Morgan fingerprint density at radius 2 is 1.84 bits per heavy atom. The van der Waals surface area contributed by atoms with Gasteiger partial charge in [-0.3, -0.25) is 18.7 Å². The van der Waals surface area contributed by atoms with E-state index in [0.717, 1.165) is 41.8 Å². The van der Waals surface area contributed by atoms with Gasteiger partial charge in [0.05, 0.1) is 24.9 Å². The number of carbonyl (C=O) groups is 4. The lowest BCUT2D eigenvalue weighted by molar-refractivity contribution is -0.142. The summed E-state index contributed by atoms with van der Waals surface area (Å²) in [7, 11) is -2.13. The molecular weight excluding hydrogens is 836 g/mol. The van der Waals surface area contributed by atoms with E-state index < -0.39 is 66.9 Å². The summed E-state index contributed by atoms with van der Waals surface area (Å²) in [6.45, 7) is 16.2. The van der Waals surface area contributed by atoms with Crippen molar-refractivity contribution in [1.82, 2.24) is 25.5 Å². The van der Waals surface area contributed by atoms with E-state index >= 15 is 0 Å². The first-order valence-electron chi connectivity index (χ1n) is 21.3. The van der Waals surface area contributed by atoms with Crippen molar-refractivity contribution in [3.63, 3.8) is 0 Å². The molecule has 338 valence electrons. The zero-order valence-electron chi connectivity index (χ0n) is 37.0. The molecule has 6 rings (SSSR count). The normalized spacial score (nSPS) is 22.7. The van der Waals surface area contributed by atoms with E-state index in [-0.39, 0.29) is 44.1 Å². The fourth-order valence-electron chi connectivity index (χ4n) is 8.42. The fourth-order valence-corrected chi connectivity index (χ4v) is 11.3. The van der Waals surface area contributed by atoms with Gasteiger partial charge < -0.3 is 39.8 Å². The maximum absolute atomic E-state index is 14.9. The van der Waals surface area contributed by atoms with E-state index in [9.17, 15) is 23.7 Å². The summed E-state index contributed by atoms with van der Waals surface area (Å²) < 4.78 is 41.0. The maximum Gasteiger partial charge on any atom is 0.510 e. The van der Waals surface area contributed by atoms with Crippen LogP contribution >= 0.6 is 18.7 Å². The van der Waals surface area contributed by atoms with Crippen molar-refractivity contribution in [2.75, 3.05) is 39.0 Å². The minimum Gasteiger partial charge on any atom is -0.497 e. The highest BCUT2D eigenvalue weighted by atomic mass is 32.1. The number of hydrogen-bond acceptors (Lipinski definition) is 14. The number of anilines is 1. The number of alkyl carbamates (subject to hydrolysis) is 1. The lowest BCUT2D eigenvalue weighted by Crippen LogP contribution is -2.58. The third kappa shape index (κ3) is 10.7. The first kappa shape index (κ1) is 46.8. The Morgan fingerprint density at radius 1 is 1.10 bits per heavy atom. The van der Waals surface area contributed by atoms with Gasteiger partial charge in [0.1, 0.15) is 34.9 Å². The molecule has 18 heteroatoms. The lowest BCUT2D eigenvalue weighted by Gasteiger charge is -2.36. The quantitative estimate of drug-likeness (QED) is 0.0509. The van der Waals surface area contributed by atoms with Gasteiger partial charge in [0.15, 0.2) is 5.13 Å². The highest BCUT2D eigenvalue weighted by molar-refractivity contribution is 7.60. The van der Waals surface area contributed by atoms with E-state index in [1.165, 1.54) is 22.9 Å². The number of methoxy groups -OCH3 is 1. The summed E-state index contributed by atoms with van der Waals surface area (Å²) in [6.07, 6.45) is 4.18. The Hall–Kier alpha value is -4.73. The predicted molar refractivity (Wildman–Crippen MR) is 237 cm³/mol. The zero-order chi connectivity index (χ0) is 45.0. The molecule has 3 heterocycles. The maximum atomic E-state index is 14.9. The van der Waals surface area contributed by atoms with Crippen molar-refractivity contribution in [2.45, 2.75) is 116 Å². The number of carbonyl (C=O) groups excluding carboxylic acids is 4. The third-order valence-electron chi connectivity index (χ3n) is 11.8. The second kappa shape index (κ2) is 19.3. The molecule has 3 N–H and O–H groups in total. The minimum absolute atomic E-state index is 0.0855. The number of amides is 3. The van der Waals surface area contributed by atoms with Crippen LogP contribution in [0.1, 0.15) is 85.6 Å². The lowest BCUT2D eigenvalue weighted by atomic mass is 9.85. The van der Waals surface area contributed by atoms with Crippen molar-refractivity contribution in [2.24, 2.45) is 17.3 Å². The van der Waals surface area contributed by atoms with Crippen LogP contribution in [-0.2, 0) is 39.3 Å². The summed E-state index contributed by atoms with van der Waals surface area (Å²) >= 11 is 1.49. The number of hydrogen-bond donors (Lipinski definition) is 3. The summed E-state index contributed by atoms with van der Waals surface area (Å²) in [5.41, 5.74) is 2.26. The molecule has 62 heavy (non-hydrogen) atoms. The highest BCUT2D eigenvalue weighted by Crippen LogP contribution is 2.70. The van der Waals surface area contributed by atoms with E-state index in [1.54, 1.807) is 20.1 Å². The molecule has 0 radical (unpaired) electrons. The molecule has 3 aliphatic rings. The van der Waals surface area contributed by atoms with Gasteiger partial charge >= 0.3 is 12.2 Å². The molecule has 6 atom stereocenters. The van der Waals surface area contributed by atoms with Crippen LogP contribution in [0.4, 0.5) is 14.7 Å². The van der Waals surface area contributed by atoms with Crippen molar-refractivity contribution in [1.29, 1.82) is 0 Å². The summed E-state index contributed by atoms with van der Waals surface area (Å²) in [6, 6.07) is 5.86. The van der Waals surface area contributed by atoms with E-state index in [4.69, 9.17) is 33.4 Å². The molecular formula is C44H61N6O10PS. The Balaban J connectivity index is 1.32. The average Bonchev–Trinajstić information content (AvgIpc) is 3.61. The number of thiazole rings is 1. The van der Waals surface area contributed by atoms with Gasteiger partial charge in [0.25, 0.3) is 0 Å². The van der Waals surface area contributed by atoms with Crippen LogP contribution in [0.2, 0.25) is 0 Å². The van der Waals surface area contributed by atoms with Crippen molar-refractivity contribution in [3.05, 3.63) is 47.9 Å². The van der Waals surface area contributed by atoms with Crippen LogP contribution in [0, 0.1) is 17.3 Å². The topological polar surface area (TPSA) is 197 Å². The van der Waals surface area contributed by atoms with Gasteiger partial charge in [0, 0.05) is 42.0 Å².